The molecule has 0 aromatic heterocycles. The van der Waals surface area contributed by atoms with Gasteiger partial charge in [-0.05, 0) is 5.56 Å². The standard InChI is InChI=1S/C13H14N2O4/c16-11-13(15-12(17)14-11)8-18-7-10(13)19-6-9-4-2-1-3-5-9/h1-5,10H,6-8H2,(H2,14,15,16,17)/t10-,13+/m1/s1. The second kappa shape index (κ2) is 4.64. The van der Waals surface area contributed by atoms with Crippen LogP contribution in [-0.2, 0) is 20.9 Å². The van der Waals surface area contributed by atoms with Gasteiger partial charge in [-0.15, -0.1) is 0 Å². The zero-order valence-electron chi connectivity index (χ0n) is 10.2. The van der Waals surface area contributed by atoms with Gasteiger partial charge < -0.3 is 14.8 Å². The van der Waals surface area contributed by atoms with Crippen LogP contribution in [0.25, 0.3) is 0 Å². The summed E-state index contributed by atoms with van der Waals surface area (Å²) in [5.41, 5.74) is -0.0689. The van der Waals surface area contributed by atoms with E-state index in [4.69, 9.17) is 9.47 Å². The Balaban J connectivity index is 1.71. The molecule has 1 aromatic carbocycles. The summed E-state index contributed by atoms with van der Waals surface area (Å²) in [6.07, 6.45) is -0.473. The third-order valence-corrected chi connectivity index (χ3v) is 3.41. The quantitative estimate of drug-likeness (QED) is 0.762. The van der Waals surface area contributed by atoms with Gasteiger partial charge in [-0.1, -0.05) is 30.3 Å². The summed E-state index contributed by atoms with van der Waals surface area (Å²) in [4.78, 5) is 23.2. The van der Waals surface area contributed by atoms with Crippen LogP contribution in [0, 0.1) is 0 Å². The maximum atomic E-state index is 11.9. The Morgan fingerprint density at radius 1 is 1.32 bits per heavy atom. The van der Waals surface area contributed by atoms with Crippen molar-refractivity contribution < 1.29 is 19.1 Å². The van der Waals surface area contributed by atoms with E-state index >= 15 is 0 Å². The number of urea groups is 1. The van der Waals surface area contributed by atoms with Gasteiger partial charge in [-0.3, -0.25) is 10.1 Å². The number of imide groups is 1. The molecule has 1 aromatic rings. The molecule has 3 amide bonds. The second-order valence-electron chi connectivity index (χ2n) is 4.68. The van der Waals surface area contributed by atoms with Crippen molar-refractivity contribution in [2.45, 2.75) is 18.2 Å². The molecule has 1 spiro atoms. The summed E-state index contributed by atoms with van der Waals surface area (Å²) in [6.45, 7) is 0.810. The number of carbonyl (C=O) groups excluding carboxylic acids is 2. The highest BCUT2D eigenvalue weighted by Crippen LogP contribution is 2.26. The first-order valence-electron chi connectivity index (χ1n) is 6.07. The third-order valence-electron chi connectivity index (χ3n) is 3.41. The van der Waals surface area contributed by atoms with Crippen LogP contribution in [0.15, 0.2) is 30.3 Å². The van der Waals surface area contributed by atoms with Gasteiger partial charge in [-0.2, -0.15) is 0 Å². The molecule has 0 radical (unpaired) electrons. The van der Waals surface area contributed by atoms with Crippen LogP contribution in [0.4, 0.5) is 4.79 Å². The molecular weight excluding hydrogens is 248 g/mol. The topological polar surface area (TPSA) is 76.7 Å². The van der Waals surface area contributed by atoms with E-state index < -0.39 is 17.7 Å². The minimum Gasteiger partial charge on any atom is -0.376 e. The Kier molecular flexibility index (Phi) is 2.96. The smallest absolute Gasteiger partial charge is 0.322 e. The van der Waals surface area contributed by atoms with Crippen molar-refractivity contribution in [2.75, 3.05) is 13.2 Å². The van der Waals surface area contributed by atoms with Gasteiger partial charge in [0.1, 0.15) is 6.10 Å². The molecule has 2 fully saturated rings. The van der Waals surface area contributed by atoms with Crippen LogP contribution in [0.2, 0.25) is 0 Å². The fourth-order valence-corrected chi connectivity index (χ4v) is 2.36. The minimum atomic E-state index is -1.08. The van der Waals surface area contributed by atoms with E-state index in [9.17, 15) is 9.59 Å². The lowest BCUT2D eigenvalue weighted by molar-refractivity contribution is -0.128. The molecule has 19 heavy (non-hydrogen) atoms. The highest BCUT2D eigenvalue weighted by molar-refractivity contribution is 6.07. The summed E-state index contributed by atoms with van der Waals surface area (Å²) in [5.74, 6) is -0.381. The Morgan fingerprint density at radius 3 is 2.79 bits per heavy atom. The zero-order valence-corrected chi connectivity index (χ0v) is 10.2. The van der Waals surface area contributed by atoms with Gasteiger partial charge in [0, 0.05) is 0 Å². The van der Waals surface area contributed by atoms with E-state index in [0.717, 1.165) is 5.56 Å². The van der Waals surface area contributed by atoms with Crippen LogP contribution in [-0.4, -0.2) is 36.8 Å². The first-order chi connectivity index (χ1) is 9.21. The average Bonchev–Trinajstić information content (AvgIpc) is 2.93. The van der Waals surface area contributed by atoms with Gasteiger partial charge in [-0.25, -0.2) is 4.79 Å². The highest BCUT2D eigenvalue weighted by atomic mass is 16.6. The molecule has 6 heteroatoms. The van der Waals surface area contributed by atoms with Crippen molar-refractivity contribution in [2.24, 2.45) is 0 Å². The van der Waals surface area contributed by atoms with Crippen LogP contribution in [0.3, 0.4) is 0 Å². The van der Waals surface area contributed by atoms with Crippen LogP contribution >= 0.6 is 0 Å². The molecule has 0 unspecified atom stereocenters. The number of amides is 3. The highest BCUT2D eigenvalue weighted by Gasteiger charge is 2.56. The van der Waals surface area contributed by atoms with Gasteiger partial charge in [0.25, 0.3) is 5.91 Å². The SMILES string of the molecule is O=C1NC(=O)[C@@]2(COC[C@H]2OCc2ccccc2)N1. The summed E-state index contributed by atoms with van der Waals surface area (Å²) >= 11 is 0. The summed E-state index contributed by atoms with van der Waals surface area (Å²) in [6, 6.07) is 9.15. The van der Waals surface area contributed by atoms with E-state index in [1.807, 2.05) is 30.3 Å². The van der Waals surface area contributed by atoms with Crippen LogP contribution < -0.4 is 10.6 Å². The van der Waals surface area contributed by atoms with Crippen molar-refractivity contribution in [3.8, 4) is 0 Å². The minimum absolute atomic E-state index is 0.143. The van der Waals surface area contributed by atoms with Crippen molar-refractivity contribution in [1.29, 1.82) is 0 Å². The Bertz CT molecular complexity index is 505. The van der Waals surface area contributed by atoms with E-state index in [1.54, 1.807) is 0 Å². The van der Waals surface area contributed by atoms with Gasteiger partial charge in [0.2, 0.25) is 0 Å². The van der Waals surface area contributed by atoms with Crippen molar-refractivity contribution >= 4 is 11.9 Å². The molecule has 2 aliphatic rings. The summed E-state index contributed by atoms with van der Waals surface area (Å²) < 4.78 is 11.0. The molecule has 6 nitrogen and oxygen atoms in total. The Labute approximate surface area is 110 Å². The molecule has 2 N–H and O–H groups in total. The monoisotopic (exact) mass is 262 g/mol. The van der Waals surface area contributed by atoms with Gasteiger partial charge in [0.05, 0.1) is 19.8 Å². The second-order valence-corrected chi connectivity index (χ2v) is 4.68. The number of benzene rings is 1. The maximum Gasteiger partial charge on any atom is 0.322 e. The number of rotatable bonds is 3. The molecule has 0 saturated carbocycles. The largest absolute Gasteiger partial charge is 0.376 e. The number of ether oxygens (including phenoxy) is 2. The predicted octanol–water partition coefficient (Wildman–Crippen LogP) is 0.180. The predicted molar refractivity (Wildman–Crippen MR) is 65.2 cm³/mol. The van der Waals surface area contributed by atoms with E-state index in [0.29, 0.717) is 13.2 Å². The molecule has 100 valence electrons. The fourth-order valence-electron chi connectivity index (χ4n) is 2.36. The van der Waals surface area contributed by atoms with E-state index in [2.05, 4.69) is 10.6 Å². The lowest BCUT2D eigenvalue weighted by Gasteiger charge is -2.25. The normalized spacial score (nSPS) is 29.6. The Morgan fingerprint density at radius 2 is 2.11 bits per heavy atom. The van der Waals surface area contributed by atoms with Crippen LogP contribution in [0.5, 0.6) is 0 Å². The molecule has 0 aliphatic carbocycles. The lowest BCUT2D eigenvalue weighted by atomic mass is 9.96. The first-order valence-corrected chi connectivity index (χ1v) is 6.07. The fraction of sp³-hybridized carbons (Fsp3) is 0.385. The first kappa shape index (κ1) is 12.1. The average molecular weight is 262 g/mol. The van der Waals surface area contributed by atoms with Gasteiger partial charge >= 0.3 is 6.03 Å². The molecule has 0 bridgehead atoms. The van der Waals surface area contributed by atoms with Crippen molar-refractivity contribution in [3.63, 3.8) is 0 Å². The molecular formula is C13H14N2O4. The maximum absolute atomic E-state index is 11.9. The number of carbonyl (C=O) groups is 2. The number of nitrogens with one attached hydrogen (secondary N) is 2. The van der Waals surface area contributed by atoms with E-state index in [-0.39, 0.29) is 12.5 Å². The van der Waals surface area contributed by atoms with Crippen molar-refractivity contribution in [3.05, 3.63) is 35.9 Å². The van der Waals surface area contributed by atoms with E-state index in [1.165, 1.54) is 0 Å². The number of hydrogen-bond donors (Lipinski definition) is 2. The number of hydrogen-bond acceptors (Lipinski definition) is 4. The Hall–Kier alpha value is -1.92. The lowest BCUT2D eigenvalue weighted by Crippen LogP contribution is -2.56. The molecule has 2 atom stereocenters. The van der Waals surface area contributed by atoms with Crippen molar-refractivity contribution in [1.82, 2.24) is 10.6 Å². The zero-order chi connectivity index (χ0) is 13.3. The van der Waals surface area contributed by atoms with Crippen LogP contribution in [0.1, 0.15) is 5.56 Å². The summed E-state index contributed by atoms with van der Waals surface area (Å²) in [7, 11) is 0. The summed E-state index contributed by atoms with van der Waals surface area (Å²) in [5, 5.41) is 4.84. The molecule has 2 saturated heterocycles. The third kappa shape index (κ3) is 2.09. The molecule has 3 rings (SSSR count). The molecule has 2 aliphatic heterocycles. The molecule has 2 heterocycles. The van der Waals surface area contributed by atoms with Gasteiger partial charge in [0.15, 0.2) is 5.54 Å².